The van der Waals surface area contributed by atoms with E-state index in [1.807, 2.05) is 26.0 Å². The van der Waals surface area contributed by atoms with Crippen LogP contribution in [0.1, 0.15) is 41.8 Å². The zero-order chi connectivity index (χ0) is 12.8. The van der Waals surface area contributed by atoms with Crippen LogP contribution in [0.15, 0.2) is 18.2 Å². The molecule has 0 aliphatic rings. The molecule has 0 atom stereocenters. The lowest BCUT2D eigenvalue weighted by Crippen LogP contribution is -2.11. The number of rotatable bonds is 5. The summed E-state index contributed by atoms with van der Waals surface area (Å²) in [4.78, 5) is 23.2. The summed E-state index contributed by atoms with van der Waals surface area (Å²) >= 11 is 0. The van der Waals surface area contributed by atoms with Crippen molar-refractivity contribution in [3.63, 3.8) is 0 Å². The molecule has 0 saturated carbocycles. The Labute approximate surface area is 102 Å². The summed E-state index contributed by atoms with van der Waals surface area (Å²) in [6, 6.07) is 5.55. The van der Waals surface area contributed by atoms with Crippen molar-refractivity contribution in [3.8, 4) is 0 Å². The van der Waals surface area contributed by atoms with Gasteiger partial charge in [0.25, 0.3) is 0 Å². The minimum Gasteiger partial charge on any atom is -0.466 e. The lowest BCUT2D eigenvalue weighted by molar-refractivity contribution is -0.142. The lowest BCUT2D eigenvalue weighted by Gasteiger charge is -2.08. The Bertz CT molecular complexity index is 421. The van der Waals surface area contributed by atoms with Gasteiger partial charge in [0.1, 0.15) is 0 Å². The molecule has 1 aromatic rings. The van der Waals surface area contributed by atoms with Gasteiger partial charge in [-0.15, -0.1) is 0 Å². The molecule has 3 nitrogen and oxygen atoms in total. The van der Waals surface area contributed by atoms with Crippen molar-refractivity contribution in [1.29, 1.82) is 0 Å². The first kappa shape index (κ1) is 13.4. The van der Waals surface area contributed by atoms with Gasteiger partial charge in [-0.05, 0) is 19.4 Å². The monoisotopic (exact) mass is 234 g/mol. The summed E-state index contributed by atoms with van der Waals surface area (Å²) in [7, 11) is 0. The molecular formula is C14H18O3. The van der Waals surface area contributed by atoms with E-state index in [1.165, 1.54) is 0 Å². The molecule has 0 spiro atoms. The number of ketones is 1. The van der Waals surface area contributed by atoms with Gasteiger partial charge in [-0.25, -0.2) is 0 Å². The highest BCUT2D eigenvalue weighted by Gasteiger charge is 2.13. The molecule has 3 heteroatoms. The molecule has 0 heterocycles. The predicted molar refractivity (Wildman–Crippen MR) is 66.1 cm³/mol. The van der Waals surface area contributed by atoms with Gasteiger partial charge in [0.15, 0.2) is 5.78 Å². The van der Waals surface area contributed by atoms with Gasteiger partial charge < -0.3 is 4.74 Å². The number of benzene rings is 1. The van der Waals surface area contributed by atoms with Gasteiger partial charge in [0.05, 0.1) is 13.0 Å². The third kappa shape index (κ3) is 3.70. The SMILES string of the molecule is CCOC(=O)Cc1cc(C)ccc1C(=O)CC. The molecule has 0 unspecified atom stereocenters. The van der Waals surface area contributed by atoms with Crippen LogP contribution < -0.4 is 0 Å². The maximum absolute atomic E-state index is 11.7. The maximum atomic E-state index is 11.7. The predicted octanol–water partition coefficient (Wildman–Crippen LogP) is 2.69. The second-order valence-corrected chi connectivity index (χ2v) is 3.92. The van der Waals surface area contributed by atoms with Crippen LogP contribution >= 0.6 is 0 Å². The molecule has 17 heavy (non-hydrogen) atoms. The standard InChI is InChI=1S/C14H18O3/c1-4-13(15)12-7-6-10(3)8-11(12)9-14(16)17-5-2/h6-8H,4-5,9H2,1-3H3. The van der Waals surface area contributed by atoms with Gasteiger partial charge in [0.2, 0.25) is 0 Å². The summed E-state index contributed by atoms with van der Waals surface area (Å²) in [5.74, 6) is -0.229. The zero-order valence-electron chi connectivity index (χ0n) is 10.6. The van der Waals surface area contributed by atoms with E-state index in [2.05, 4.69) is 0 Å². The van der Waals surface area contributed by atoms with Crippen molar-refractivity contribution in [2.45, 2.75) is 33.6 Å². The molecule has 0 saturated heterocycles. The number of carbonyl (C=O) groups is 2. The number of ether oxygens (including phenoxy) is 1. The molecule has 0 amide bonds. The maximum Gasteiger partial charge on any atom is 0.310 e. The number of carbonyl (C=O) groups excluding carboxylic acids is 2. The fourth-order valence-corrected chi connectivity index (χ4v) is 1.70. The van der Waals surface area contributed by atoms with Crippen LogP contribution in [0.2, 0.25) is 0 Å². The Morgan fingerprint density at radius 1 is 1.24 bits per heavy atom. The van der Waals surface area contributed by atoms with Crippen LogP contribution in [0.5, 0.6) is 0 Å². The van der Waals surface area contributed by atoms with E-state index in [4.69, 9.17) is 4.74 Å². The fourth-order valence-electron chi connectivity index (χ4n) is 1.70. The molecule has 0 radical (unpaired) electrons. The van der Waals surface area contributed by atoms with Gasteiger partial charge in [-0.1, -0.05) is 30.7 Å². The molecule has 0 bridgehead atoms. The first-order chi connectivity index (χ1) is 8.08. The average molecular weight is 234 g/mol. The van der Waals surface area contributed by atoms with Crippen LogP contribution in [0, 0.1) is 6.92 Å². The van der Waals surface area contributed by atoms with Gasteiger partial charge >= 0.3 is 5.97 Å². The molecule has 0 fully saturated rings. The third-order valence-electron chi connectivity index (χ3n) is 2.52. The Hall–Kier alpha value is -1.64. The van der Waals surface area contributed by atoms with E-state index in [0.717, 1.165) is 11.1 Å². The second-order valence-electron chi connectivity index (χ2n) is 3.92. The number of esters is 1. The van der Waals surface area contributed by atoms with E-state index in [0.29, 0.717) is 18.6 Å². The molecule has 1 rings (SSSR count). The molecule has 0 aliphatic carbocycles. The van der Waals surface area contributed by atoms with Crippen LogP contribution in [0.4, 0.5) is 0 Å². The van der Waals surface area contributed by atoms with E-state index >= 15 is 0 Å². The van der Waals surface area contributed by atoms with Crippen LogP contribution in [-0.4, -0.2) is 18.4 Å². The fraction of sp³-hybridized carbons (Fsp3) is 0.429. The van der Waals surface area contributed by atoms with Crippen molar-refractivity contribution in [3.05, 3.63) is 34.9 Å². The number of hydrogen-bond donors (Lipinski definition) is 0. The topological polar surface area (TPSA) is 43.4 Å². The quantitative estimate of drug-likeness (QED) is 0.581. The number of Topliss-reactive ketones (excluding diaryl/α,β-unsaturated/α-hetero) is 1. The van der Waals surface area contributed by atoms with E-state index in [1.54, 1.807) is 13.0 Å². The van der Waals surface area contributed by atoms with Crippen LogP contribution in [-0.2, 0) is 16.0 Å². The van der Waals surface area contributed by atoms with Crippen LogP contribution in [0.25, 0.3) is 0 Å². The van der Waals surface area contributed by atoms with Crippen molar-refractivity contribution in [2.24, 2.45) is 0 Å². The second kappa shape index (κ2) is 6.18. The number of hydrogen-bond acceptors (Lipinski definition) is 3. The van der Waals surface area contributed by atoms with Crippen molar-refractivity contribution in [2.75, 3.05) is 6.61 Å². The summed E-state index contributed by atoms with van der Waals surface area (Å²) < 4.78 is 4.90. The van der Waals surface area contributed by atoms with Crippen LogP contribution in [0.3, 0.4) is 0 Å². The minimum absolute atomic E-state index is 0.0595. The first-order valence-electron chi connectivity index (χ1n) is 5.86. The largest absolute Gasteiger partial charge is 0.466 e. The van der Waals surface area contributed by atoms with E-state index in [-0.39, 0.29) is 18.2 Å². The molecule has 1 aromatic carbocycles. The Balaban J connectivity index is 2.99. The summed E-state index contributed by atoms with van der Waals surface area (Å²) in [5.41, 5.74) is 2.43. The summed E-state index contributed by atoms with van der Waals surface area (Å²) in [5, 5.41) is 0. The minimum atomic E-state index is -0.289. The molecule has 0 N–H and O–H groups in total. The molecule has 0 aromatic heterocycles. The van der Waals surface area contributed by atoms with Gasteiger partial charge in [-0.2, -0.15) is 0 Å². The zero-order valence-corrected chi connectivity index (χ0v) is 10.6. The highest BCUT2D eigenvalue weighted by atomic mass is 16.5. The van der Waals surface area contributed by atoms with Gasteiger partial charge in [-0.3, -0.25) is 9.59 Å². The lowest BCUT2D eigenvalue weighted by atomic mass is 9.97. The molecule has 92 valence electrons. The average Bonchev–Trinajstić information content (AvgIpc) is 2.28. The Kier molecular flexibility index (Phi) is 4.88. The van der Waals surface area contributed by atoms with Gasteiger partial charge in [0, 0.05) is 12.0 Å². The summed E-state index contributed by atoms with van der Waals surface area (Å²) in [6.45, 7) is 5.89. The normalized spacial score (nSPS) is 10.1. The molecular weight excluding hydrogens is 216 g/mol. The Morgan fingerprint density at radius 3 is 2.53 bits per heavy atom. The van der Waals surface area contributed by atoms with Crippen molar-refractivity contribution in [1.82, 2.24) is 0 Å². The van der Waals surface area contributed by atoms with Crippen molar-refractivity contribution >= 4 is 11.8 Å². The molecule has 0 aliphatic heterocycles. The van der Waals surface area contributed by atoms with E-state index in [9.17, 15) is 9.59 Å². The number of aryl methyl sites for hydroxylation is 1. The highest BCUT2D eigenvalue weighted by Crippen LogP contribution is 2.15. The highest BCUT2D eigenvalue weighted by molar-refractivity contribution is 5.98. The smallest absolute Gasteiger partial charge is 0.310 e. The third-order valence-corrected chi connectivity index (χ3v) is 2.52. The first-order valence-corrected chi connectivity index (χ1v) is 5.86. The summed E-state index contributed by atoms with van der Waals surface area (Å²) in [6.07, 6.45) is 0.607. The van der Waals surface area contributed by atoms with Crippen molar-refractivity contribution < 1.29 is 14.3 Å². The Morgan fingerprint density at radius 2 is 1.94 bits per heavy atom. The van der Waals surface area contributed by atoms with E-state index < -0.39 is 0 Å².